The number of methoxy groups -OCH3 is 1. The lowest BCUT2D eigenvalue weighted by Crippen LogP contribution is -2.14. The minimum absolute atomic E-state index is 0.862. The van der Waals surface area contributed by atoms with Gasteiger partial charge in [-0.15, -0.1) is 11.3 Å². The fraction of sp³-hybridized carbons (Fsp3) is 0.700. The Morgan fingerprint density at radius 1 is 1.50 bits per heavy atom. The van der Waals surface area contributed by atoms with E-state index >= 15 is 0 Å². The number of hydrogen-bond acceptors (Lipinski definition) is 4. The van der Waals surface area contributed by atoms with Crippen molar-refractivity contribution in [2.75, 3.05) is 20.3 Å². The van der Waals surface area contributed by atoms with E-state index < -0.39 is 0 Å². The van der Waals surface area contributed by atoms with Crippen molar-refractivity contribution in [3.8, 4) is 0 Å². The van der Waals surface area contributed by atoms with Crippen LogP contribution in [0.4, 0.5) is 0 Å². The lowest BCUT2D eigenvalue weighted by atomic mass is 10.3. The maximum absolute atomic E-state index is 4.97. The third-order valence-electron chi connectivity index (χ3n) is 1.92. The molecular formula is C10H18N2OS. The molecule has 1 heterocycles. The summed E-state index contributed by atoms with van der Waals surface area (Å²) in [6.45, 7) is 4.90. The van der Waals surface area contributed by atoms with Gasteiger partial charge in [-0.05, 0) is 26.3 Å². The standard InChI is InChI=1S/C10H18N2OS/c1-9-12-8-10(14-9)7-11-5-3-4-6-13-2/h8,11H,3-7H2,1-2H3. The van der Waals surface area contributed by atoms with Crippen molar-refractivity contribution in [3.05, 3.63) is 16.1 Å². The molecule has 0 amide bonds. The maximum Gasteiger partial charge on any atom is 0.0897 e. The number of thiazole rings is 1. The van der Waals surface area contributed by atoms with Crippen molar-refractivity contribution >= 4 is 11.3 Å². The second kappa shape index (κ2) is 6.92. The van der Waals surface area contributed by atoms with Crippen LogP contribution in [0.3, 0.4) is 0 Å². The first-order chi connectivity index (χ1) is 6.83. The molecule has 0 radical (unpaired) electrons. The number of unbranched alkanes of at least 4 members (excludes halogenated alkanes) is 1. The molecule has 0 bridgehead atoms. The molecular weight excluding hydrogens is 196 g/mol. The van der Waals surface area contributed by atoms with Gasteiger partial charge < -0.3 is 10.1 Å². The predicted molar refractivity (Wildman–Crippen MR) is 59.7 cm³/mol. The van der Waals surface area contributed by atoms with Crippen molar-refractivity contribution in [3.63, 3.8) is 0 Å². The van der Waals surface area contributed by atoms with E-state index in [1.54, 1.807) is 18.4 Å². The highest BCUT2D eigenvalue weighted by atomic mass is 32.1. The van der Waals surface area contributed by atoms with Crippen molar-refractivity contribution in [1.29, 1.82) is 0 Å². The first-order valence-electron chi connectivity index (χ1n) is 4.94. The zero-order valence-electron chi connectivity index (χ0n) is 8.88. The van der Waals surface area contributed by atoms with Crippen molar-refractivity contribution in [2.45, 2.75) is 26.3 Å². The summed E-state index contributed by atoms with van der Waals surface area (Å²) in [4.78, 5) is 5.52. The van der Waals surface area contributed by atoms with E-state index in [9.17, 15) is 0 Å². The Morgan fingerprint density at radius 2 is 2.36 bits per heavy atom. The van der Waals surface area contributed by atoms with E-state index in [2.05, 4.69) is 10.3 Å². The van der Waals surface area contributed by atoms with Crippen molar-refractivity contribution in [1.82, 2.24) is 10.3 Å². The van der Waals surface area contributed by atoms with Crippen LogP contribution in [0, 0.1) is 6.92 Å². The summed E-state index contributed by atoms with van der Waals surface area (Å²) in [7, 11) is 1.74. The monoisotopic (exact) mass is 214 g/mol. The molecule has 1 aromatic heterocycles. The summed E-state index contributed by atoms with van der Waals surface area (Å²) in [6.07, 6.45) is 4.25. The van der Waals surface area contributed by atoms with Crippen LogP contribution in [0.5, 0.6) is 0 Å². The third-order valence-corrected chi connectivity index (χ3v) is 2.83. The Hall–Kier alpha value is -0.450. The topological polar surface area (TPSA) is 34.1 Å². The summed E-state index contributed by atoms with van der Waals surface area (Å²) in [5, 5.41) is 4.53. The van der Waals surface area contributed by atoms with Crippen LogP contribution in [0.2, 0.25) is 0 Å². The van der Waals surface area contributed by atoms with Crippen molar-refractivity contribution < 1.29 is 4.74 Å². The number of hydrogen-bond donors (Lipinski definition) is 1. The van der Waals surface area contributed by atoms with Crippen LogP contribution < -0.4 is 5.32 Å². The van der Waals surface area contributed by atoms with Gasteiger partial charge in [-0.1, -0.05) is 0 Å². The molecule has 80 valence electrons. The number of aryl methyl sites for hydroxylation is 1. The number of aromatic nitrogens is 1. The highest BCUT2D eigenvalue weighted by Crippen LogP contribution is 2.10. The quantitative estimate of drug-likeness (QED) is 0.705. The highest BCUT2D eigenvalue weighted by Gasteiger charge is 1.96. The molecule has 3 nitrogen and oxygen atoms in total. The SMILES string of the molecule is COCCCCNCc1cnc(C)s1. The fourth-order valence-corrected chi connectivity index (χ4v) is 1.96. The molecule has 14 heavy (non-hydrogen) atoms. The lowest BCUT2D eigenvalue weighted by Gasteiger charge is -2.01. The lowest BCUT2D eigenvalue weighted by molar-refractivity contribution is 0.192. The Labute approximate surface area is 89.5 Å². The van der Waals surface area contributed by atoms with E-state index in [0.717, 1.165) is 31.1 Å². The van der Waals surface area contributed by atoms with Crippen LogP contribution in [-0.2, 0) is 11.3 Å². The van der Waals surface area contributed by atoms with E-state index in [0.29, 0.717) is 0 Å². The van der Waals surface area contributed by atoms with Gasteiger partial charge in [0, 0.05) is 31.3 Å². The molecule has 0 aromatic carbocycles. The minimum Gasteiger partial charge on any atom is -0.385 e. The molecule has 0 fully saturated rings. The van der Waals surface area contributed by atoms with Crippen LogP contribution in [0.15, 0.2) is 6.20 Å². The van der Waals surface area contributed by atoms with E-state index in [-0.39, 0.29) is 0 Å². The largest absolute Gasteiger partial charge is 0.385 e. The average Bonchev–Trinajstić information content (AvgIpc) is 2.58. The first kappa shape index (κ1) is 11.6. The molecule has 1 N–H and O–H groups in total. The number of nitrogens with zero attached hydrogens (tertiary/aromatic N) is 1. The van der Waals surface area contributed by atoms with Gasteiger partial charge in [0.1, 0.15) is 0 Å². The Morgan fingerprint density at radius 3 is 3.00 bits per heavy atom. The molecule has 0 aliphatic heterocycles. The Balaban J connectivity index is 1.99. The molecule has 0 unspecified atom stereocenters. The third kappa shape index (κ3) is 4.69. The molecule has 0 saturated carbocycles. The van der Waals surface area contributed by atoms with Gasteiger partial charge in [0.05, 0.1) is 5.01 Å². The second-order valence-electron chi connectivity index (χ2n) is 3.22. The van der Waals surface area contributed by atoms with Gasteiger partial charge in [0.25, 0.3) is 0 Å². The Kier molecular flexibility index (Phi) is 5.75. The summed E-state index contributed by atoms with van der Waals surface area (Å²) in [5.41, 5.74) is 0. The predicted octanol–water partition coefficient (Wildman–Crippen LogP) is 1.97. The van der Waals surface area contributed by atoms with Crippen LogP contribution in [-0.4, -0.2) is 25.2 Å². The zero-order chi connectivity index (χ0) is 10.2. The van der Waals surface area contributed by atoms with E-state index in [1.807, 2.05) is 13.1 Å². The van der Waals surface area contributed by atoms with Crippen molar-refractivity contribution in [2.24, 2.45) is 0 Å². The number of nitrogens with one attached hydrogen (secondary N) is 1. The molecule has 0 aliphatic carbocycles. The second-order valence-corrected chi connectivity index (χ2v) is 4.54. The normalized spacial score (nSPS) is 10.7. The van der Waals surface area contributed by atoms with E-state index in [1.165, 1.54) is 11.3 Å². The van der Waals surface area contributed by atoms with Gasteiger partial charge in [-0.3, -0.25) is 0 Å². The van der Waals surface area contributed by atoms with Crippen LogP contribution >= 0.6 is 11.3 Å². The summed E-state index contributed by atoms with van der Waals surface area (Å²) in [5.74, 6) is 0. The van der Waals surface area contributed by atoms with Crippen LogP contribution in [0.25, 0.3) is 0 Å². The highest BCUT2D eigenvalue weighted by molar-refractivity contribution is 7.11. The minimum atomic E-state index is 0.862. The molecule has 1 rings (SSSR count). The zero-order valence-corrected chi connectivity index (χ0v) is 9.69. The first-order valence-corrected chi connectivity index (χ1v) is 5.75. The maximum atomic E-state index is 4.97. The molecule has 1 aromatic rings. The average molecular weight is 214 g/mol. The van der Waals surface area contributed by atoms with Crippen LogP contribution in [0.1, 0.15) is 22.7 Å². The smallest absolute Gasteiger partial charge is 0.0897 e. The number of ether oxygens (including phenoxy) is 1. The summed E-state index contributed by atoms with van der Waals surface area (Å²) >= 11 is 1.76. The number of rotatable bonds is 7. The summed E-state index contributed by atoms with van der Waals surface area (Å²) < 4.78 is 4.97. The molecule has 0 spiro atoms. The fourth-order valence-electron chi connectivity index (χ4n) is 1.20. The van der Waals surface area contributed by atoms with Gasteiger partial charge >= 0.3 is 0 Å². The summed E-state index contributed by atoms with van der Waals surface area (Å²) in [6, 6.07) is 0. The van der Waals surface area contributed by atoms with E-state index in [4.69, 9.17) is 4.74 Å². The molecule has 0 saturated heterocycles. The van der Waals surface area contributed by atoms with Gasteiger partial charge in [-0.25, -0.2) is 4.98 Å². The Bertz CT molecular complexity index is 250. The van der Waals surface area contributed by atoms with Gasteiger partial charge in [0.15, 0.2) is 0 Å². The van der Waals surface area contributed by atoms with Gasteiger partial charge in [-0.2, -0.15) is 0 Å². The molecule has 4 heteroatoms. The molecule has 0 aliphatic rings. The molecule has 0 atom stereocenters. The van der Waals surface area contributed by atoms with Gasteiger partial charge in [0.2, 0.25) is 0 Å².